The lowest BCUT2D eigenvalue weighted by molar-refractivity contribution is 1.06. The number of fused-ring (bicyclic) bond motifs is 6. The quantitative estimate of drug-likeness (QED) is 0.136. The van der Waals surface area contributed by atoms with Gasteiger partial charge in [-0.1, -0.05) is 127 Å². The number of hydrogen-bond donors (Lipinski definition) is 0. The molecule has 0 saturated carbocycles. The average Bonchev–Trinajstić information content (AvgIpc) is 0.856. The molecule has 0 N–H and O–H groups in total. The molecule has 0 unspecified atom stereocenters. The highest BCUT2D eigenvalue weighted by atomic mass is 15.1. The molecule has 0 spiro atoms. The first-order chi connectivity index (χ1) is 47.5. The van der Waals surface area contributed by atoms with Crippen molar-refractivity contribution in [2.24, 2.45) is 0 Å². The number of benzene rings is 10. The summed E-state index contributed by atoms with van der Waals surface area (Å²) in [5.41, 5.74) is 17.2. The van der Waals surface area contributed by atoms with E-state index in [-0.39, 0.29) is 0 Å². The van der Waals surface area contributed by atoms with Crippen LogP contribution in [0.5, 0.6) is 0 Å². The molecule has 444 valence electrons. The molecule has 0 aliphatic heterocycles. The zero-order valence-electron chi connectivity index (χ0n) is 51.2. The van der Waals surface area contributed by atoms with Crippen molar-refractivity contribution in [2.75, 3.05) is 0 Å². The van der Waals surface area contributed by atoms with Crippen molar-refractivity contribution < 1.29 is 0 Å². The van der Waals surface area contributed by atoms with Gasteiger partial charge in [0.15, 0.2) is 0 Å². The number of rotatable bonds is 8. The van der Waals surface area contributed by atoms with Gasteiger partial charge < -0.3 is 0 Å². The summed E-state index contributed by atoms with van der Waals surface area (Å²) in [6, 6.07) is 89.1. The van der Waals surface area contributed by atoms with Gasteiger partial charge in [-0.05, 0) is 203 Å². The monoisotopic (exact) mass is 1220 g/mol. The van der Waals surface area contributed by atoms with Crippen LogP contribution in [-0.4, -0.2) is 49.0 Å². The molecule has 0 bridgehead atoms. The minimum atomic E-state index is 0.612. The maximum absolute atomic E-state index is 9.54. The van der Waals surface area contributed by atoms with Crippen LogP contribution in [-0.2, 0) is 0 Å². The molecule has 0 aliphatic rings. The molecule has 11 heteroatoms. The van der Waals surface area contributed by atoms with Gasteiger partial charge in [0.05, 0.1) is 56.5 Å². The van der Waals surface area contributed by atoms with Gasteiger partial charge in [-0.2, -0.15) is 5.26 Å². The maximum atomic E-state index is 9.54. The highest BCUT2D eigenvalue weighted by Crippen LogP contribution is 2.44. The lowest BCUT2D eigenvalue weighted by Gasteiger charge is -2.16. The zero-order valence-corrected chi connectivity index (χ0v) is 51.2. The van der Waals surface area contributed by atoms with Gasteiger partial charge in [0.25, 0.3) is 0 Å². The summed E-state index contributed by atoms with van der Waals surface area (Å²) in [5, 5.41) is 27.6. The highest BCUT2D eigenvalue weighted by molar-refractivity contribution is 6.27. The third-order valence-corrected chi connectivity index (χ3v) is 18.9. The SMILES string of the molecule is N#Cc1ccc2c(c1)c1cccnc1n2-c1ccc(-c2cc(-c3cccnc3)nc(-c3ccc4ccc5cccc6ccc3c4c56)c2)cn1.c1cc2ccc3ccc(-c4cc(-c5ccncc5)nc(-c5ccc(-n6c7ccccc7c7ncccc76)nc5)c4)c4ccc(c1)c2c34. The van der Waals surface area contributed by atoms with E-state index in [2.05, 4.69) is 212 Å². The molecule has 0 radical (unpaired) electrons. The van der Waals surface area contributed by atoms with E-state index < -0.39 is 0 Å². The van der Waals surface area contributed by atoms with Gasteiger partial charge in [-0.15, -0.1) is 0 Å². The van der Waals surface area contributed by atoms with E-state index in [0.29, 0.717) is 5.56 Å². The second kappa shape index (κ2) is 21.9. The van der Waals surface area contributed by atoms with Crippen molar-refractivity contribution in [2.45, 2.75) is 0 Å². The van der Waals surface area contributed by atoms with E-state index in [1.165, 1.54) is 70.2 Å². The Morgan fingerprint density at radius 2 is 0.844 bits per heavy atom. The van der Waals surface area contributed by atoms with Gasteiger partial charge in [-0.3, -0.25) is 24.1 Å². The van der Waals surface area contributed by atoms with E-state index in [1.54, 1.807) is 12.4 Å². The summed E-state index contributed by atoms with van der Waals surface area (Å²) in [4.78, 5) is 38.4. The predicted octanol–water partition coefficient (Wildman–Crippen LogP) is 20.4. The van der Waals surface area contributed by atoms with Crippen molar-refractivity contribution in [1.82, 2.24) is 49.0 Å². The predicted molar refractivity (Wildman–Crippen MR) is 389 cm³/mol. The Morgan fingerprint density at radius 1 is 0.292 bits per heavy atom. The lowest BCUT2D eigenvalue weighted by atomic mass is 9.89. The Hall–Kier alpha value is -13.4. The topological polar surface area (TPSA) is 137 Å². The zero-order chi connectivity index (χ0) is 63.4. The number of para-hydroxylation sites is 1. The number of nitriles is 1. The molecule has 20 rings (SSSR count). The van der Waals surface area contributed by atoms with Crippen molar-refractivity contribution in [1.29, 1.82) is 5.26 Å². The molecule has 0 amide bonds. The fourth-order valence-corrected chi connectivity index (χ4v) is 14.5. The number of aromatic nitrogens is 10. The average molecular weight is 1220 g/mol. The fourth-order valence-electron chi connectivity index (χ4n) is 14.5. The molecule has 10 aromatic carbocycles. The molecule has 0 aliphatic carbocycles. The standard InChI is InChI=1S/C43H24N6.C42H25N5/c44-23-26-8-16-39-36(20-26)35-7-3-19-46-43(35)49(39)40-17-13-30(25-47-40)32-21-37(31-6-2-18-45-24-31)48-38(22-32)33-14-11-29-10-9-27-4-1-5-28-12-15-34(33)42(29)41(27)28;1-2-8-37-34(7-1)42-38(9-4-20-44-42)47(37)39-17-14-30(25-45-39)36-24-31(23-35(46-36)26-18-21-43-22-19-26)32-15-12-29-11-10-27-5-3-6-28-13-16-33(32)41(29)40(27)28/h1-22,24-25H;1-25H. The molecule has 10 aromatic heterocycles. The van der Waals surface area contributed by atoms with Gasteiger partial charge in [0.1, 0.15) is 17.3 Å². The van der Waals surface area contributed by atoms with Crippen LogP contribution in [0.15, 0.2) is 298 Å². The van der Waals surface area contributed by atoms with Crippen molar-refractivity contribution in [3.63, 3.8) is 0 Å². The lowest BCUT2D eigenvalue weighted by Crippen LogP contribution is -1.99. The summed E-state index contributed by atoms with van der Waals surface area (Å²) in [6.07, 6.45) is 14.7. The molecular formula is C85H49N11. The molecular weight excluding hydrogens is 1180 g/mol. The number of nitrogens with zero attached hydrogens (tertiary/aromatic N) is 11. The van der Waals surface area contributed by atoms with Crippen LogP contribution in [0.3, 0.4) is 0 Å². The molecule has 96 heavy (non-hydrogen) atoms. The van der Waals surface area contributed by atoms with Crippen LogP contribution in [0.4, 0.5) is 0 Å². The van der Waals surface area contributed by atoms with E-state index in [9.17, 15) is 5.26 Å². The molecule has 0 saturated heterocycles. The first kappa shape index (κ1) is 54.3. The van der Waals surface area contributed by atoms with E-state index in [0.717, 1.165) is 117 Å². The minimum Gasteiger partial charge on any atom is -0.292 e. The van der Waals surface area contributed by atoms with Gasteiger partial charge in [0, 0.05) is 93.6 Å². The van der Waals surface area contributed by atoms with E-state index in [1.807, 2.05) is 104 Å². The summed E-state index contributed by atoms with van der Waals surface area (Å²) in [7, 11) is 0. The normalized spacial score (nSPS) is 11.7. The first-order valence-electron chi connectivity index (χ1n) is 31.8. The molecule has 10 heterocycles. The second-order valence-electron chi connectivity index (χ2n) is 24.3. The summed E-state index contributed by atoms with van der Waals surface area (Å²) in [5.74, 6) is 1.59. The van der Waals surface area contributed by atoms with Crippen LogP contribution in [0.2, 0.25) is 0 Å². The van der Waals surface area contributed by atoms with E-state index >= 15 is 0 Å². The minimum absolute atomic E-state index is 0.612. The van der Waals surface area contributed by atoms with Crippen LogP contribution in [0.25, 0.3) is 187 Å². The fraction of sp³-hybridized carbons (Fsp3) is 0. The van der Waals surface area contributed by atoms with Crippen molar-refractivity contribution in [3.8, 4) is 85.0 Å². The van der Waals surface area contributed by atoms with E-state index in [4.69, 9.17) is 24.9 Å². The van der Waals surface area contributed by atoms with Gasteiger partial charge in [-0.25, -0.2) is 24.9 Å². The Kier molecular flexibility index (Phi) is 12.4. The summed E-state index contributed by atoms with van der Waals surface area (Å²) in [6.45, 7) is 0. The van der Waals surface area contributed by atoms with Gasteiger partial charge >= 0.3 is 0 Å². The smallest absolute Gasteiger partial charge is 0.146 e. The Labute approximate surface area is 548 Å². The highest BCUT2D eigenvalue weighted by Gasteiger charge is 2.21. The Bertz CT molecular complexity index is 6430. The third kappa shape index (κ3) is 8.81. The summed E-state index contributed by atoms with van der Waals surface area (Å²) >= 11 is 0. The largest absolute Gasteiger partial charge is 0.292 e. The molecule has 0 fully saturated rings. The first-order valence-corrected chi connectivity index (χ1v) is 31.8. The maximum Gasteiger partial charge on any atom is 0.146 e. The molecule has 0 atom stereocenters. The van der Waals surface area contributed by atoms with Crippen LogP contribution in [0.1, 0.15) is 5.56 Å². The Morgan fingerprint density at radius 3 is 1.54 bits per heavy atom. The van der Waals surface area contributed by atoms with Crippen LogP contribution in [0, 0.1) is 11.3 Å². The molecule has 20 aromatic rings. The van der Waals surface area contributed by atoms with Crippen LogP contribution >= 0.6 is 0 Å². The number of pyridine rings is 8. The van der Waals surface area contributed by atoms with Gasteiger partial charge in [0.2, 0.25) is 0 Å². The Balaban J connectivity index is 0.000000135. The third-order valence-electron chi connectivity index (χ3n) is 18.9. The van der Waals surface area contributed by atoms with Crippen LogP contribution < -0.4 is 0 Å². The summed E-state index contributed by atoms with van der Waals surface area (Å²) < 4.78 is 4.23. The number of hydrogen-bond acceptors (Lipinski definition) is 9. The second-order valence-corrected chi connectivity index (χ2v) is 24.3. The van der Waals surface area contributed by atoms with Crippen molar-refractivity contribution >= 4 is 109 Å². The van der Waals surface area contributed by atoms with Crippen molar-refractivity contribution in [3.05, 3.63) is 304 Å². The molecule has 11 nitrogen and oxygen atoms in total.